The van der Waals surface area contributed by atoms with E-state index in [0.717, 1.165) is 11.5 Å². The van der Waals surface area contributed by atoms with Crippen LogP contribution in [0.3, 0.4) is 0 Å². The highest BCUT2D eigenvalue weighted by molar-refractivity contribution is 5.62. The van der Waals surface area contributed by atoms with E-state index in [1.165, 1.54) is 6.07 Å². The zero-order chi connectivity index (χ0) is 11.7. The van der Waals surface area contributed by atoms with Gasteiger partial charge in [-0.2, -0.15) is 0 Å². The van der Waals surface area contributed by atoms with E-state index in [2.05, 4.69) is 4.98 Å². The summed E-state index contributed by atoms with van der Waals surface area (Å²) in [6.45, 7) is 1.84. The topological polar surface area (TPSA) is 87.0 Å². The van der Waals surface area contributed by atoms with Gasteiger partial charge in [0.15, 0.2) is 0 Å². The van der Waals surface area contributed by atoms with E-state index in [1.54, 1.807) is 29.1 Å². The molecule has 0 atom stereocenters. The van der Waals surface area contributed by atoms with Gasteiger partial charge in [-0.1, -0.05) is 0 Å². The molecule has 0 aliphatic carbocycles. The Morgan fingerprint density at radius 1 is 1.50 bits per heavy atom. The Morgan fingerprint density at radius 2 is 2.25 bits per heavy atom. The number of nitrogens with zero attached hydrogens (tertiary/aromatic N) is 3. The first-order valence-corrected chi connectivity index (χ1v) is 4.64. The zero-order valence-electron chi connectivity index (χ0n) is 8.62. The van der Waals surface area contributed by atoms with Crippen molar-refractivity contribution in [1.82, 2.24) is 9.55 Å². The van der Waals surface area contributed by atoms with Crippen molar-refractivity contribution in [3.8, 4) is 5.69 Å². The molecule has 2 aromatic rings. The van der Waals surface area contributed by atoms with Crippen LogP contribution in [0.1, 0.15) is 5.82 Å². The number of nitro groups is 1. The molecule has 82 valence electrons. The predicted molar refractivity (Wildman–Crippen MR) is 59.4 cm³/mol. The van der Waals surface area contributed by atoms with Crippen molar-refractivity contribution < 1.29 is 4.92 Å². The second-order valence-electron chi connectivity index (χ2n) is 3.34. The number of benzene rings is 1. The van der Waals surface area contributed by atoms with E-state index in [9.17, 15) is 10.1 Å². The number of hydrogen-bond acceptors (Lipinski definition) is 4. The minimum Gasteiger partial charge on any atom is -0.393 e. The maximum absolute atomic E-state index is 10.6. The number of aromatic nitrogens is 2. The smallest absolute Gasteiger partial charge is 0.292 e. The maximum atomic E-state index is 10.6. The van der Waals surface area contributed by atoms with Crippen LogP contribution in [0.15, 0.2) is 30.6 Å². The van der Waals surface area contributed by atoms with Crippen LogP contribution in [0.25, 0.3) is 5.69 Å². The molecule has 16 heavy (non-hydrogen) atoms. The summed E-state index contributed by atoms with van der Waals surface area (Å²) in [5.74, 6) is 0.799. The largest absolute Gasteiger partial charge is 0.393 e. The molecule has 1 aromatic carbocycles. The highest BCUT2D eigenvalue weighted by atomic mass is 16.6. The number of aryl methyl sites for hydroxylation is 1. The molecule has 0 radical (unpaired) electrons. The molecule has 2 rings (SSSR count). The van der Waals surface area contributed by atoms with Crippen LogP contribution in [-0.4, -0.2) is 14.5 Å². The maximum Gasteiger partial charge on any atom is 0.292 e. The highest BCUT2D eigenvalue weighted by Gasteiger charge is 2.12. The summed E-state index contributed by atoms with van der Waals surface area (Å²) in [5.41, 5.74) is 6.43. The Labute approximate surface area is 91.5 Å². The van der Waals surface area contributed by atoms with E-state index >= 15 is 0 Å². The van der Waals surface area contributed by atoms with Gasteiger partial charge >= 0.3 is 0 Å². The van der Waals surface area contributed by atoms with E-state index in [0.29, 0.717) is 0 Å². The van der Waals surface area contributed by atoms with Crippen LogP contribution >= 0.6 is 0 Å². The SMILES string of the molecule is Cc1nccn1-c1ccc([N+](=O)[O-])c(N)c1. The van der Waals surface area contributed by atoms with Crippen molar-refractivity contribution in [2.45, 2.75) is 6.92 Å². The quantitative estimate of drug-likeness (QED) is 0.472. The number of anilines is 1. The fraction of sp³-hybridized carbons (Fsp3) is 0.100. The van der Waals surface area contributed by atoms with Gasteiger partial charge in [-0.25, -0.2) is 4.98 Å². The first-order chi connectivity index (χ1) is 7.59. The Kier molecular flexibility index (Phi) is 2.32. The minimum absolute atomic E-state index is 0.0819. The second kappa shape index (κ2) is 3.65. The van der Waals surface area contributed by atoms with E-state index < -0.39 is 4.92 Å². The average Bonchev–Trinajstić information content (AvgIpc) is 2.63. The summed E-state index contributed by atoms with van der Waals surface area (Å²) >= 11 is 0. The molecule has 6 heteroatoms. The van der Waals surface area contributed by atoms with Crippen molar-refractivity contribution >= 4 is 11.4 Å². The third-order valence-corrected chi connectivity index (χ3v) is 2.31. The number of nitro benzene ring substituents is 1. The molecule has 0 spiro atoms. The van der Waals surface area contributed by atoms with Gasteiger partial charge in [-0.15, -0.1) is 0 Å². The number of hydrogen-bond donors (Lipinski definition) is 1. The second-order valence-corrected chi connectivity index (χ2v) is 3.34. The van der Waals surface area contributed by atoms with Crippen molar-refractivity contribution in [1.29, 1.82) is 0 Å². The lowest BCUT2D eigenvalue weighted by Gasteiger charge is -2.05. The molecule has 6 nitrogen and oxygen atoms in total. The van der Waals surface area contributed by atoms with Crippen molar-refractivity contribution in [3.63, 3.8) is 0 Å². The normalized spacial score (nSPS) is 10.3. The van der Waals surface area contributed by atoms with Gasteiger partial charge in [0.25, 0.3) is 5.69 Å². The lowest BCUT2D eigenvalue weighted by Crippen LogP contribution is -2.00. The lowest BCUT2D eigenvalue weighted by atomic mass is 10.2. The van der Waals surface area contributed by atoms with Gasteiger partial charge in [0, 0.05) is 24.1 Å². The molecule has 0 saturated carbocycles. The monoisotopic (exact) mass is 218 g/mol. The molecule has 0 amide bonds. The Morgan fingerprint density at radius 3 is 2.75 bits per heavy atom. The van der Waals surface area contributed by atoms with Gasteiger partial charge in [0.2, 0.25) is 0 Å². The van der Waals surface area contributed by atoms with Crippen LogP contribution in [-0.2, 0) is 0 Å². The standard InChI is InChI=1S/C10H10N4O2/c1-7-12-4-5-13(7)8-2-3-10(14(15)16)9(11)6-8/h2-6H,11H2,1H3. The van der Waals surface area contributed by atoms with Crippen LogP contribution in [0.4, 0.5) is 11.4 Å². The summed E-state index contributed by atoms with van der Waals surface area (Å²) in [6.07, 6.45) is 3.43. The van der Waals surface area contributed by atoms with Crippen LogP contribution in [0.2, 0.25) is 0 Å². The molecule has 0 saturated heterocycles. The molecule has 0 aliphatic heterocycles. The van der Waals surface area contributed by atoms with Crippen LogP contribution < -0.4 is 5.73 Å². The first kappa shape index (κ1) is 10.2. The third-order valence-electron chi connectivity index (χ3n) is 2.31. The fourth-order valence-corrected chi connectivity index (χ4v) is 1.51. The number of rotatable bonds is 2. The fourth-order valence-electron chi connectivity index (χ4n) is 1.51. The van der Waals surface area contributed by atoms with Crippen LogP contribution in [0.5, 0.6) is 0 Å². The molecule has 0 unspecified atom stereocenters. The Hall–Kier alpha value is -2.37. The van der Waals surface area contributed by atoms with Gasteiger partial charge in [-0.05, 0) is 19.1 Å². The Balaban J connectivity index is 2.50. The highest BCUT2D eigenvalue weighted by Crippen LogP contribution is 2.24. The molecule has 0 bridgehead atoms. The van der Waals surface area contributed by atoms with Gasteiger partial charge in [0.1, 0.15) is 11.5 Å². The van der Waals surface area contributed by atoms with E-state index in [1.807, 2.05) is 6.92 Å². The molecule has 0 aliphatic rings. The van der Waals surface area contributed by atoms with Crippen LogP contribution in [0, 0.1) is 17.0 Å². The molecular weight excluding hydrogens is 208 g/mol. The number of nitrogen functional groups attached to an aromatic ring is 1. The summed E-state index contributed by atoms with van der Waals surface area (Å²) in [4.78, 5) is 14.2. The summed E-state index contributed by atoms with van der Waals surface area (Å²) in [6, 6.07) is 4.60. The van der Waals surface area contributed by atoms with E-state index in [-0.39, 0.29) is 11.4 Å². The van der Waals surface area contributed by atoms with Crippen molar-refractivity contribution in [2.24, 2.45) is 0 Å². The summed E-state index contributed by atoms with van der Waals surface area (Å²) < 4.78 is 1.81. The molecular formula is C10H10N4O2. The molecule has 2 N–H and O–H groups in total. The first-order valence-electron chi connectivity index (χ1n) is 4.64. The predicted octanol–water partition coefficient (Wildman–Crippen LogP) is 1.67. The van der Waals surface area contributed by atoms with Crippen molar-refractivity contribution in [3.05, 3.63) is 46.5 Å². The molecule has 0 fully saturated rings. The van der Waals surface area contributed by atoms with Gasteiger partial charge in [0.05, 0.1) is 4.92 Å². The molecule has 1 heterocycles. The lowest BCUT2D eigenvalue weighted by molar-refractivity contribution is -0.383. The summed E-state index contributed by atoms with van der Waals surface area (Å²) in [7, 11) is 0. The van der Waals surface area contributed by atoms with Gasteiger partial charge < -0.3 is 10.3 Å². The summed E-state index contributed by atoms with van der Waals surface area (Å²) in [5, 5.41) is 10.6. The van der Waals surface area contributed by atoms with Crippen molar-refractivity contribution in [2.75, 3.05) is 5.73 Å². The minimum atomic E-state index is -0.500. The third kappa shape index (κ3) is 1.60. The molecule has 1 aromatic heterocycles. The number of nitrogens with two attached hydrogens (primary N) is 1. The Bertz CT molecular complexity index is 548. The number of imidazole rings is 1. The van der Waals surface area contributed by atoms with E-state index in [4.69, 9.17) is 5.73 Å². The average molecular weight is 218 g/mol. The zero-order valence-corrected chi connectivity index (χ0v) is 8.62. The van der Waals surface area contributed by atoms with Gasteiger partial charge in [-0.3, -0.25) is 10.1 Å².